The normalized spacial score (nSPS) is 10.4. The van der Waals surface area contributed by atoms with Crippen molar-refractivity contribution in [3.05, 3.63) is 34.3 Å². The molecule has 5 heteroatoms. The van der Waals surface area contributed by atoms with Crippen LogP contribution in [-0.2, 0) is 4.74 Å². The van der Waals surface area contributed by atoms with E-state index in [1.165, 1.54) is 0 Å². The van der Waals surface area contributed by atoms with Gasteiger partial charge in [-0.3, -0.25) is 4.79 Å². The zero-order chi connectivity index (χ0) is 13.5. The monoisotopic (exact) mass is 289 g/mol. The number of nitrogens with zero attached hydrogens (tertiary/aromatic N) is 1. The Hall–Kier alpha value is -0.770. The molecule has 1 aromatic rings. The van der Waals surface area contributed by atoms with E-state index in [-0.39, 0.29) is 5.91 Å². The van der Waals surface area contributed by atoms with E-state index in [0.717, 1.165) is 5.56 Å². The smallest absolute Gasteiger partial charge is 0.254 e. The lowest BCUT2D eigenvalue weighted by Gasteiger charge is -2.21. The van der Waals surface area contributed by atoms with Gasteiger partial charge in [0.1, 0.15) is 0 Å². The highest BCUT2D eigenvalue weighted by molar-refractivity contribution is 6.31. The minimum Gasteiger partial charge on any atom is -0.383 e. The summed E-state index contributed by atoms with van der Waals surface area (Å²) in [6.07, 6.45) is 0. The van der Waals surface area contributed by atoms with Crippen LogP contribution in [0.3, 0.4) is 0 Å². The van der Waals surface area contributed by atoms with E-state index >= 15 is 0 Å². The third kappa shape index (κ3) is 4.48. The highest BCUT2D eigenvalue weighted by Crippen LogP contribution is 2.16. The van der Waals surface area contributed by atoms with Gasteiger partial charge in [-0.1, -0.05) is 11.6 Å². The number of benzene rings is 1. The van der Waals surface area contributed by atoms with Gasteiger partial charge in [-0.2, -0.15) is 0 Å². The van der Waals surface area contributed by atoms with Crippen molar-refractivity contribution in [1.82, 2.24) is 4.90 Å². The van der Waals surface area contributed by atoms with Crippen LogP contribution in [0.1, 0.15) is 15.9 Å². The van der Waals surface area contributed by atoms with Crippen LogP contribution in [0.15, 0.2) is 18.2 Å². The number of hydrogen-bond acceptors (Lipinski definition) is 2. The first-order valence-electron chi connectivity index (χ1n) is 5.70. The molecule has 0 aliphatic rings. The predicted octanol–water partition coefficient (Wildman–Crippen LogP) is 2.98. The Morgan fingerprint density at radius 2 is 2.06 bits per heavy atom. The minimum atomic E-state index is -0.0710. The van der Waals surface area contributed by atoms with Crippen LogP contribution in [-0.4, -0.2) is 43.5 Å². The minimum absolute atomic E-state index is 0.0710. The molecule has 0 unspecified atom stereocenters. The lowest BCUT2D eigenvalue weighted by molar-refractivity contribution is 0.0707. The Balaban J connectivity index is 2.86. The molecule has 0 bridgehead atoms. The zero-order valence-corrected chi connectivity index (χ0v) is 12.1. The molecule has 1 rings (SSSR count). The van der Waals surface area contributed by atoms with E-state index in [1.807, 2.05) is 19.1 Å². The summed E-state index contributed by atoms with van der Waals surface area (Å²) >= 11 is 11.7. The molecule has 0 saturated carbocycles. The Bertz CT molecular complexity index is 390. The number of carbonyl (C=O) groups is 1. The second-order valence-electron chi connectivity index (χ2n) is 3.99. The van der Waals surface area contributed by atoms with Crippen LogP contribution in [0.2, 0.25) is 5.02 Å². The first-order valence-corrected chi connectivity index (χ1v) is 6.61. The standard InChI is InChI=1S/C13H17Cl2NO2/c1-10-7-11(9-12(15)8-10)13(17)16(4-3-14)5-6-18-2/h7-9H,3-6H2,1-2H3. The van der Waals surface area contributed by atoms with E-state index in [0.29, 0.717) is 36.2 Å². The molecule has 0 saturated heterocycles. The summed E-state index contributed by atoms with van der Waals surface area (Å²) in [5, 5.41) is 0.566. The molecule has 0 aliphatic carbocycles. The van der Waals surface area contributed by atoms with Crippen LogP contribution in [0.4, 0.5) is 0 Å². The van der Waals surface area contributed by atoms with Crippen LogP contribution in [0, 0.1) is 6.92 Å². The number of halogens is 2. The van der Waals surface area contributed by atoms with E-state index in [9.17, 15) is 4.79 Å². The number of alkyl halides is 1. The van der Waals surface area contributed by atoms with Crippen molar-refractivity contribution in [3.63, 3.8) is 0 Å². The van der Waals surface area contributed by atoms with Gasteiger partial charge in [0.05, 0.1) is 6.61 Å². The van der Waals surface area contributed by atoms with Gasteiger partial charge in [0.2, 0.25) is 0 Å². The molecule has 100 valence electrons. The highest BCUT2D eigenvalue weighted by atomic mass is 35.5. The number of methoxy groups -OCH3 is 1. The summed E-state index contributed by atoms with van der Waals surface area (Å²) in [6.45, 7) is 3.41. The molecule has 3 nitrogen and oxygen atoms in total. The third-order valence-corrected chi connectivity index (χ3v) is 2.88. The molecule has 0 aliphatic heterocycles. The fourth-order valence-corrected chi connectivity index (χ4v) is 2.15. The lowest BCUT2D eigenvalue weighted by atomic mass is 10.1. The van der Waals surface area contributed by atoms with Gasteiger partial charge in [-0.05, 0) is 30.7 Å². The van der Waals surface area contributed by atoms with E-state index in [2.05, 4.69) is 0 Å². The first-order chi connectivity index (χ1) is 8.58. The first kappa shape index (κ1) is 15.3. The van der Waals surface area contributed by atoms with Crippen molar-refractivity contribution in [2.75, 3.05) is 32.7 Å². The Kier molecular flexibility index (Phi) is 6.47. The summed E-state index contributed by atoms with van der Waals surface area (Å²) in [5.41, 5.74) is 1.55. The highest BCUT2D eigenvalue weighted by Gasteiger charge is 2.15. The molecule has 0 atom stereocenters. The summed E-state index contributed by atoms with van der Waals surface area (Å²) in [6, 6.07) is 5.31. The average molecular weight is 290 g/mol. The van der Waals surface area contributed by atoms with Crippen molar-refractivity contribution in [3.8, 4) is 0 Å². The van der Waals surface area contributed by atoms with E-state index in [1.54, 1.807) is 18.1 Å². The molecule has 0 N–H and O–H groups in total. The van der Waals surface area contributed by atoms with E-state index in [4.69, 9.17) is 27.9 Å². The van der Waals surface area contributed by atoms with Crippen LogP contribution in [0.25, 0.3) is 0 Å². The maximum Gasteiger partial charge on any atom is 0.254 e. The molecule has 0 aromatic heterocycles. The number of amides is 1. The van der Waals surface area contributed by atoms with Gasteiger partial charge in [0, 0.05) is 36.7 Å². The molecule has 0 heterocycles. The zero-order valence-electron chi connectivity index (χ0n) is 10.6. The maximum absolute atomic E-state index is 12.3. The predicted molar refractivity (Wildman–Crippen MR) is 74.7 cm³/mol. The summed E-state index contributed by atoms with van der Waals surface area (Å²) in [7, 11) is 1.60. The van der Waals surface area contributed by atoms with Crippen molar-refractivity contribution in [2.24, 2.45) is 0 Å². The molecule has 0 spiro atoms. The van der Waals surface area contributed by atoms with Gasteiger partial charge < -0.3 is 9.64 Å². The molecule has 18 heavy (non-hydrogen) atoms. The molecular formula is C13H17Cl2NO2. The fraction of sp³-hybridized carbons (Fsp3) is 0.462. The van der Waals surface area contributed by atoms with Gasteiger partial charge in [-0.25, -0.2) is 0 Å². The molecule has 1 aromatic carbocycles. The number of hydrogen-bond donors (Lipinski definition) is 0. The quantitative estimate of drug-likeness (QED) is 0.754. The van der Waals surface area contributed by atoms with Crippen LogP contribution < -0.4 is 0 Å². The maximum atomic E-state index is 12.3. The Morgan fingerprint density at radius 1 is 1.33 bits per heavy atom. The third-order valence-electron chi connectivity index (χ3n) is 2.50. The Labute approximate surface area is 118 Å². The SMILES string of the molecule is COCCN(CCCl)C(=O)c1cc(C)cc(Cl)c1. The molecule has 0 radical (unpaired) electrons. The molecule has 0 fully saturated rings. The molecule has 1 amide bonds. The van der Waals surface area contributed by atoms with Gasteiger partial charge >= 0.3 is 0 Å². The van der Waals surface area contributed by atoms with E-state index < -0.39 is 0 Å². The average Bonchev–Trinajstić information content (AvgIpc) is 2.32. The molecular weight excluding hydrogens is 273 g/mol. The fourth-order valence-electron chi connectivity index (χ4n) is 1.66. The lowest BCUT2D eigenvalue weighted by Crippen LogP contribution is -2.35. The van der Waals surface area contributed by atoms with Gasteiger partial charge in [0.15, 0.2) is 0 Å². The number of aryl methyl sites for hydroxylation is 1. The topological polar surface area (TPSA) is 29.5 Å². The van der Waals surface area contributed by atoms with Crippen molar-refractivity contribution >= 4 is 29.1 Å². The number of ether oxygens (including phenoxy) is 1. The summed E-state index contributed by atoms with van der Waals surface area (Å²) in [4.78, 5) is 14.0. The number of rotatable bonds is 6. The van der Waals surface area contributed by atoms with Crippen LogP contribution in [0.5, 0.6) is 0 Å². The Morgan fingerprint density at radius 3 is 2.61 bits per heavy atom. The second-order valence-corrected chi connectivity index (χ2v) is 4.81. The van der Waals surface area contributed by atoms with Crippen molar-refractivity contribution in [1.29, 1.82) is 0 Å². The van der Waals surface area contributed by atoms with Crippen molar-refractivity contribution in [2.45, 2.75) is 6.92 Å². The van der Waals surface area contributed by atoms with Crippen LogP contribution >= 0.6 is 23.2 Å². The van der Waals surface area contributed by atoms with Crippen molar-refractivity contribution < 1.29 is 9.53 Å². The largest absolute Gasteiger partial charge is 0.383 e. The summed E-state index contributed by atoms with van der Waals surface area (Å²) in [5.74, 6) is 0.327. The van der Waals surface area contributed by atoms with Gasteiger partial charge in [0.25, 0.3) is 5.91 Å². The number of carbonyl (C=O) groups excluding carboxylic acids is 1. The van der Waals surface area contributed by atoms with Gasteiger partial charge in [-0.15, -0.1) is 11.6 Å². The second kappa shape index (κ2) is 7.62. The summed E-state index contributed by atoms with van der Waals surface area (Å²) < 4.78 is 4.99.